The lowest BCUT2D eigenvalue weighted by molar-refractivity contribution is 0.262. The van der Waals surface area contributed by atoms with Crippen LogP contribution in [0.2, 0.25) is 0 Å². The van der Waals surface area contributed by atoms with Crippen LogP contribution in [0.4, 0.5) is 16.2 Å². The van der Waals surface area contributed by atoms with Gasteiger partial charge in [-0.1, -0.05) is 95.8 Å². The Hall–Kier alpha value is -2.12. The molecule has 2 amide bonds. The van der Waals surface area contributed by atoms with E-state index in [1.165, 1.54) is 70.6 Å². The minimum atomic E-state index is -0.258. The molecule has 0 saturated heterocycles. The highest BCUT2D eigenvalue weighted by Gasteiger charge is 2.08. The Morgan fingerprint density at radius 1 is 0.842 bits per heavy atom. The van der Waals surface area contributed by atoms with Crippen LogP contribution in [0.1, 0.15) is 89.5 Å². The molecule has 0 aliphatic carbocycles. The van der Waals surface area contributed by atoms with Gasteiger partial charge in [0.1, 0.15) is 5.75 Å². The number of unbranched alkanes of at least 4 members (excludes halogenated alkanes) is 11. The number of benzene rings is 2. The van der Waals surface area contributed by atoms with Crippen LogP contribution in [-0.4, -0.2) is 23.4 Å². The number of urea groups is 1. The van der Waals surface area contributed by atoms with Gasteiger partial charge in [-0.05, 0) is 41.7 Å². The Kier molecular flexibility index (Phi) is 16.8. The third-order valence-electron chi connectivity index (χ3n) is 6.54. The second-order valence-corrected chi connectivity index (χ2v) is 10.7. The van der Waals surface area contributed by atoms with Crippen molar-refractivity contribution in [3.05, 3.63) is 65.7 Å². The standard InChI is InChI=1S/C31H45N3O2S.BrH/c1-2-3-4-5-6-7-8-9-10-11-12-13-21-36-30-19-15-18-29(24-30)33-31(35)32-28-17-14-16-27(23-28)25-34-20-22-37-26-34;/h14-20,22-24H,2-13,21,25-26H2,1H3,(H2,32,33,35);1H. The highest BCUT2D eigenvalue weighted by atomic mass is 79.9. The van der Waals surface area contributed by atoms with Crippen molar-refractivity contribution >= 4 is 46.1 Å². The summed E-state index contributed by atoms with van der Waals surface area (Å²) < 4.78 is 5.93. The summed E-state index contributed by atoms with van der Waals surface area (Å²) in [5, 5.41) is 7.96. The van der Waals surface area contributed by atoms with E-state index in [-0.39, 0.29) is 23.0 Å². The first-order valence-electron chi connectivity index (χ1n) is 14.1. The maximum atomic E-state index is 12.5. The van der Waals surface area contributed by atoms with Crippen LogP contribution >= 0.6 is 28.7 Å². The van der Waals surface area contributed by atoms with Crippen LogP contribution in [0, 0.1) is 0 Å². The van der Waals surface area contributed by atoms with E-state index in [1.54, 1.807) is 11.8 Å². The molecule has 0 aromatic heterocycles. The Morgan fingerprint density at radius 2 is 1.45 bits per heavy atom. The lowest BCUT2D eigenvalue weighted by Gasteiger charge is -2.15. The summed E-state index contributed by atoms with van der Waals surface area (Å²) >= 11 is 1.79. The average molecular weight is 605 g/mol. The largest absolute Gasteiger partial charge is 0.494 e. The molecule has 0 saturated carbocycles. The molecule has 7 heteroatoms. The number of halogens is 1. The van der Waals surface area contributed by atoms with E-state index in [0.717, 1.165) is 41.5 Å². The van der Waals surface area contributed by atoms with Crippen molar-refractivity contribution in [2.45, 2.75) is 90.5 Å². The van der Waals surface area contributed by atoms with E-state index in [1.807, 2.05) is 42.5 Å². The number of carbonyl (C=O) groups is 1. The second-order valence-electron chi connectivity index (χ2n) is 9.87. The van der Waals surface area contributed by atoms with E-state index >= 15 is 0 Å². The first-order chi connectivity index (χ1) is 18.2. The first-order valence-corrected chi connectivity index (χ1v) is 15.2. The summed E-state index contributed by atoms with van der Waals surface area (Å²) in [6.07, 6.45) is 18.1. The minimum Gasteiger partial charge on any atom is -0.494 e. The van der Waals surface area contributed by atoms with Crippen LogP contribution in [0.25, 0.3) is 0 Å². The van der Waals surface area contributed by atoms with Crippen molar-refractivity contribution in [1.29, 1.82) is 0 Å². The molecule has 0 unspecified atom stereocenters. The Bertz CT molecular complexity index is 956. The van der Waals surface area contributed by atoms with Crippen molar-refractivity contribution in [1.82, 2.24) is 4.90 Å². The van der Waals surface area contributed by atoms with E-state index in [9.17, 15) is 4.79 Å². The molecule has 0 spiro atoms. The Balaban J connectivity index is 0.00000507. The molecule has 0 bridgehead atoms. The fraction of sp³-hybridized carbons (Fsp3) is 0.516. The number of hydrogen-bond acceptors (Lipinski definition) is 4. The maximum Gasteiger partial charge on any atom is 0.323 e. The predicted octanol–water partition coefficient (Wildman–Crippen LogP) is 9.97. The van der Waals surface area contributed by atoms with Crippen molar-refractivity contribution < 1.29 is 9.53 Å². The number of nitrogens with one attached hydrogen (secondary N) is 2. The molecular weight excluding hydrogens is 558 g/mol. The van der Waals surface area contributed by atoms with Gasteiger partial charge < -0.3 is 20.3 Å². The molecule has 2 N–H and O–H groups in total. The van der Waals surface area contributed by atoms with Gasteiger partial charge in [0.05, 0.1) is 12.5 Å². The molecular formula is C31H46BrN3O2S. The van der Waals surface area contributed by atoms with Gasteiger partial charge in [-0.2, -0.15) is 0 Å². The monoisotopic (exact) mass is 603 g/mol. The van der Waals surface area contributed by atoms with Crippen LogP contribution in [-0.2, 0) is 6.54 Å². The molecule has 0 radical (unpaired) electrons. The zero-order valence-corrected chi connectivity index (χ0v) is 25.5. The molecule has 0 fully saturated rings. The van der Waals surface area contributed by atoms with Crippen molar-refractivity contribution in [3.63, 3.8) is 0 Å². The molecule has 0 atom stereocenters. The van der Waals surface area contributed by atoms with Gasteiger partial charge in [-0.3, -0.25) is 0 Å². The quantitative estimate of drug-likeness (QED) is 0.166. The van der Waals surface area contributed by atoms with Crippen molar-refractivity contribution in [2.24, 2.45) is 0 Å². The predicted molar refractivity (Wildman–Crippen MR) is 170 cm³/mol. The van der Waals surface area contributed by atoms with Crippen LogP contribution in [0.5, 0.6) is 5.75 Å². The van der Waals surface area contributed by atoms with Gasteiger partial charge in [0.2, 0.25) is 0 Å². The average Bonchev–Trinajstić information content (AvgIpc) is 3.40. The third-order valence-corrected chi connectivity index (χ3v) is 7.33. The van der Waals surface area contributed by atoms with E-state index in [4.69, 9.17) is 4.74 Å². The highest BCUT2D eigenvalue weighted by Crippen LogP contribution is 2.21. The number of carbonyl (C=O) groups excluding carboxylic acids is 1. The molecule has 1 heterocycles. The van der Waals surface area contributed by atoms with Gasteiger partial charge >= 0.3 is 6.03 Å². The van der Waals surface area contributed by atoms with Gasteiger partial charge in [-0.15, -0.1) is 28.7 Å². The number of nitrogens with zero attached hydrogens (tertiary/aromatic N) is 1. The smallest absolute Gasteiger partial charge is 0.323 e. The number of ether oxygens (including phenoxy) is 1. The zero-order valence-electron chi connectivity index (χ0n) is 23.0. The second kappa shape index (κ2) is 19.9. The molecule has 38 heavy (non-hydrogen) atoms. The van der Waals surface area contributed by atoms with Crippen LogP contribution < -0.4 is 15.4 Å². The molecule has 5 nitrogen and oxygen atoms in total. The fourth-order valence-corrected chi connectivity index (χ4v) is 5.19. The number of rotatable bonds is 18. The summed E-state index contributed by atoms with van der Waals surface area (Å²) in [5.41, 5.74) is 2.67. The fourth-order valence-electron chi connectivity index (χ4n) is 4.48. The van der Waals surface area contributed by atoms with Crippen molar-refractivity contribution in [2.75, 3.05) is 23.1 Å². The summed E-state index contributed by atoms with van der Waals surface area (Å²) in [5.74, 6) is 1.76. The minimum absolute atomic E-state index is 0. The molecule has 1 aliphatic rings. The molecule has 3 rings (SSSR count). The number of hydrogen-bond donors (Lipinski definition) is 2. The number of amides is 2. The number of thioether (sulfide) groups is 1. The number of anilines is 2. The van der Waals surface area contributed by atoms with E-state index in [0.29, 0.717) is 6.61 Å². The third kappa shape index (κ3) is 13.6. The van der Waals surface area contributed by atoms with Gasteiger partial charge in [0.25, 0.3) is 0 Å². The molecule has 2 aromatic carbocycles. The zero-order chi connectivity index (χ0) is 26.0. The summed E-state index contributed by atoms with van der Waals surface area (Å²) in [6.45, 7) is 3.82. The highest BCUT2D eigenvalue weighted by molar-refractivity contribution is 8.93. The SMILES string of the molecule is Br.CCCCCCCCCCCCCCOc1cccc(NC(=O)Nc2cccc(CN3C=CSC3)c2)c1. The molecule has 2 aromatic rings. The lowest BCUT2D eigenvalue weighted by atomic mass is 10.1. The maximum absolute atomic E-state index is 12.5. The van der Waals surface area contributed by atoms with Crippen molar-refractivity contribution in [3.8, 4) is 5.75 Å². The van der Waals surface area contributed by atoms with E-state index < -0.39 is 0 Å². The van der Waals surface area contributed by atoms with Gasteiger partial charge in [0, 0.05) is 30.2 Å². The Labute approximate surface area is 244 Å². The van der Waals surface area contributed by atoms with Crippen LogP contribution in [0.15, 0.2) is 60.1 Å². The van der Waals surface area contributed by atoms with Gasteiger partial charge in [-0.25, -0.2) is 4.79 Å². The van der Waals surface area contributed by atoms with Gasteiger partial charge in [0.15, 0.2) is 0 Å². The summed E-state index contributed by atoms with van der Waals surface area (Å²) in [6, 6.07) is 15.3. The normalized spacial score (nSPS) is 12.3. The molecule has 1 aliphatic heterocycles. The van der Waals surface area contributed by atoms with Crippen LogP contribution in [0.3, 0.4) is 0 Å². The molecule has 210 valence electrons. The lowest BCUT2D eigenvalue weighted by Crippen LogP contribution is -2.19. The van der Waals surface area contributed by atoms with E-state index in [2.05, 4.69) is 40.1 Å². The summed E-state index contributed by atoms with van der Waals surface area (Å²) in [7, 11) is 0. The summed E-state index contributed by atoms with van der Waals surface area (Å²) in [4.78, 5) is 14.8. The topological polar surface area (TPSA) is 53.6 Å². The first kappa shape index (κ1) is 32.1. The Morgan fingerprint density at radius 3 is 2.08 bits per heavy atom.